The first-order chi connectivity index (χ1) is 13.0. The van der Waals surface area contributed by atoms with Crippen LogP contribution in [0.1, 0.15) is 98.8 Å². The first-order valence-electron chi connectivity index (χ1n) is 11.4. The standard InChI is InChI=1S/C27H42/c1-6-10-24(21-26-15-13-22(3)12-14-25(26)7-2)11-8-9-18-27(5)19-16-23(4)17-20-27/h12-13,15-17,19,24H,6-11,14,18,20-21H2,1-5H3. The summed E-state index contributed by atoms with van der Waals surface area (Å²) in [5.41, 5.74) is 6.53. The summed E-state index contributed by atoms with van der Waals surface area (Å²) in [6.45, 7) is 11.5. The van der Waals surface area contributed by atoms with Gasteiger partial charge in [0.15, 0.2) is 0 Å². The van der Waals surface area contributed by atoms with Gasteiger partial charge < -0.3 is 0 Å². The summed E-state index contributed by atoms with van der Waals surface area (Å²) in [6.07, 6.45) is 27.3. The molecule has 0 amide bonds. The van der Waals surface area contributed by atoms with Gasteiger partial charge in [0.25, 0.3) is 0 Å². The van der Waals surface area contributed by atoms with E-state index in [4.69, 9.17) is 0 Å². The molecule has 0 aromatic rings. The number of allylic oxidation sites excluding steroid dienone is 10. The van der Waals surface area contributed by atoms with Crippen molar-refractivity contribution in [1.82, 2.24) is 0 Å². The van der Waals surface area contributed by atoms with E-state index in [1.54, 1.807) is 11.1 Å². The average Bonchev–Trinajstić information content (AvgIpc) is 2.83. The molecular formula is C27H42. The molecule has 2 aliphatic rings. The minimum atomic E-state index is 0.394. The van der Waals surface area contributed by atoms with Crippen LogP contribution in [0.3, 0.4) is 0 Å². The second-order valence-electron chi connectivity index (χ2n) is 9.21. The number of hydrogen-bond donors (Lipinski definition) is 0. The molecule has 0 aromatic carbocycles. The predicted molar refractivity (Wildman–Crippen MR) is 122 cm³/mol. The first kappa shape index (κ1) is 22.0. The van der Waals surface area contributed by atoms with Crippen LogP contribution in [0.25, 0.3) is 0 Å². The number of unbranched alkanes of at least 4 members (excludes halogenated alkanes) is 1. The van der Waals surface area contributed by atoms with Crippen molar-refractivity contribution in [1.29, 1.82) is 0 Å². The Kier molecular flexibility index (Phi) is 8.87. The Labute approximate surface area is 169 Å². The van der Waals surface area contributed by atoms with Gasteiger partial charge in [-0.05, 0) is 62.9 Å². The van der Waals surface area contributed by atoms with Crippen LogP contribution in [0.4, 0.5) is 0 Å². The maximum Gasteiger partial charge on any atom is -0.0109 e. The fourth-order valence-corrected chi connectivity index (χ4v) is 4.49. The quantitative estimate of drug-likeness (QED) is 0.339. The molecule has 0 radical (unpaired) electrons. The molecule has 0 bridgehead atoms. The van der Waals surface area contributed by atoms with Gasteiger partial charge in [0.05, 0.1) is 0 Å². The maximum absolute atomic E-state index is 2.45. The Bertz CT molecular complexity index is 622. The second-order valence-corrected chi connectivity index (χ2v) is 9.21. The van der Waals surface area contributed by atoms with E-state index >= 15 is 0 Å². The summed E-state index contributed by atoms with van der Waals surface area (Å²) in [4.78, 5) is 0. The zero-order chi connectivity index (χ0) is 19.7. The zero-order valence-electron chi connectivity index (χ0n) is 18.6. The van der Waals surface area contributed by atoms with Crippen molar-refractivity contribution in [2.24, 2.45) is 11.3 Å². The Balaban J connectivity index is 1.85. The van der Waals surface area contributed by atoms with E-state index < -0.39 is 0 Å². The fraction of sp³-hybridized carbons (Fsp3) is 0.630. The monoisotopic (exact) mass is 366 g/mol. The minimum absolute atomic E-state index is 0.394. The van der Waals surface area contributed by atoms with Gasteiger partial charge in [-0.2, -0.15) is 0 Å². The summed E-state index contributed by atoms with van der Waals surface area (Å²) in [7, 11) is 0. The van der Waals surface area contributed by atoms with Crippen LogP contribution >= 0.6 is 0 Å². The molecule has 2 atom stereocenters. The second kappa shape index (κ2) is 10.9. The molecule has 0 spiro atoms. The van der Waals surface area contributed by atoms with Gasteiger partial charge in [-0.15, -0.1) is 0 Å². The molecule has 0 saturated heterocycles. The molecule has 0 aliphatic heterocycles. The molecule has 0 N–H and O–H groups in total. The van der Waals surface area contributed by atoms with Crippen LogP contribution in [0.5, 0.6) is 0 Å². The molecule has 27 heavy (non-hydrogen) atoms. The number of rotatable bonds is 10. The van der Waals surface area contributed by atoms with Crippen LogP contribution in [0.15, 0.2) is 58.7 Å². The van der Waals surface area contributed by atoms with Gasteiger partial charge in [-0.25, -0.2) is 0 Å². The van der Waals surface area contributed by atoms with E-state index in [2.05, 4.69) is 71.1 Å². The molecule has 0 fully saturated rings. The lowest BCUT2D eigenvalue weighted by Gasteiger charge is -2.28. The van der Waals surface area contributed by atoms with Crippen LogP contribution in [-0.2, 0) is 0 Å². The van der Waals surface area contributed by atoms with Crippen LogP contribution < -0.4 is 0 Å². The van der Waals surface area contributed by atoms with Gasteiger partial charge in [-0.3, -0.25) is 0 Å². The Morgan fingerprint density at radius 1 is 0.963 bits per heavy atom. The lowest BCUT2D eigenvalue weighted by Crippen LogP contribution is -2.14. The summed E-state index contributed by atoms with van der Waals surface area (Å²) >= 11 is 0. The Morgan fingerprint density at radius 3 is 2.41 bits per heavy atom. The van der Waals surface area contributed by atoms with Crippen LogP contribution in [0.2, 0.25) is 0 Å². The van der Waals surface area contributed by atoms with Crippen molar-refractivity contribution in [3.05, 3.63) is 58.7 Å². The highest BCUT2D eigenvalue weighted by Crippen LogP contribution is 2.36. The average molecular weight is 367 g/mol. The third-order valence-corrected chi connectivity index (χ3v) is 6.55. The van der Waals surface area contributed by atoms with Gasteiger partial charge in [-0.1, -0.05) is 106 Å². The third kappa shape index (κ3) is 7.32. The first-order valence-corrected chi connectivity index (χ1v) is 11.4. The molecule has 0 heterocycles. The lowest BCUT2D eigenvalue weighted by molar-refractivity contribution is 0.351. The van der Waals surface area contributed by atoms with Crippen molar-refractivity contribution >= 4 is 0 Å². The molecule has 0 nitrogen and oxygen atoms in total. The van der Waals surface area contributed by atoms with Crippen LogP contribution in [-0.4, -0.2) is 0 Å². The highest BCUT2D eigenvalue weighted by Gasteiger charge is 2.21. The summed E-state index contributed by atoms with van der Waals surface area (Å²) < 4.78 is 0. The molecule has 2 aliphatic carbocycles. The van der Waals surface area contributed by atoms with E-state index in [1.807, 2.05) is 0 Å². The largest absolute Gasteiger partial charge is 0.0808 e. The van der Waals surface area contributed by atoms with E-state index in [0.717, 1.165) is 12.3 Å². The maximum atomic E-state index is 2.45. The van der Waals surface area contributed by atoms with Crippen molar-refractivity contribution in [3.8, 4) is 0 Å². The summed E-state index contributed by atoms with van der Waals surface area (Å²) in [5.74, 6) is 0.853. The summed E-state index contributed by atoms with van der Waals surface area (Å²) in [5, 5.41) is 0. The van der Waals surface area contributed by atoms with E-state index in [-0.39, 0.29) is 0 Å². The zero-order valence-corrected chi connectivity index (χ0v) is 18.6. The summed E-state index contributed by atoms with van der Waals surface area (Å²) in [6, 6.07) is 0. The van der Waals surface area contributed by atoms with Crippen molar-refractivity contribution in [2.45, 2.75) is 98.8 Å². The fourth-order valence-electron chi connectivity index (χ4n) is 4.49. The lowest BCUT2D eigenvalue weighted by atomic mass is 9.77. The van der Waals surface area contributed by atoms with E-state index in [0.29, 0.717) is 5.41 Å². The third-order valence-electron chi connectivity index (χ3n) is 6.55. The molecule has 2 rings (SSSR count). The minimum Gasteiger partial charge on any atom is -0.0808 e. The van der Waals surface area contributed by atoms with Gasteiger partial charge >= 0.3 is 0 Å². The molecule has 2 unspecified atom stereocenters. The van der Waals surface area contributed by atoms with Gasteiger partial charge in [0, 0.05) is 0 Å². The van der Waals surface area contributed by atoms with E-state index in [1.165, 1.54) is 68.9 Å². The molecule has 0 saturated carbocycles. The highest BCUT2D eigenvalue weighted by atomic mass is 14.3. The predicted octanol–water partition coefficient (Wildman–Crippen LogP) is 8.88. The molecule has 150 valence electrons. The van der Waals surface area contributed by atoms with Gasteiger partial charge in [0.2, 0.25) is 0 Å². The molecule has 0 heteroatoms. The molecule has 0 aromatic heterocycles. The normalized spacial score (nSPS) is 23.9. The number of hydrogen-bond acceptors (Lipinski definition) is 0. The van der Waals surface area contributed by atoms with Crippen molar-refractivity contribution < 1.29 is 0 Å². The smallest absolute Gasteiger partial charge is 0.0109 e. The van der Waals surface area contributed by atoms with Gasteiger partial charge in [0.1, 0.15) is 0 Å². The topological polar surface area (TPSA) is 0 Å². The van der Waals surface area contributed by atoms with Crippen molar-refractivity contribution in [3.63, 3.8) is 0 Å². The van der Waals surface area contributed by atoms with Crippen LogP contribution in [0, 0.1) is 11.3 Å². The molecular weight excluding hydrogens is 324 g/mol. The highest BCUT2D eigenvalue weighted by molar-refractivity contribution is 5.36. The Morgan fingerprint density at radius 2 is 1.74 bits per heavy atom. The van der Waals surface area contributed by atoms with E-state index in [9.17, 15) is 0 Å². The SMILES string of the molecule is CCCC(CCCCC1(C)C=CC(C)=CC1)CC1=C(CC)CC=C(C)C=C1. The Hall–Kier alpha value is -1.30. The van der Waals surface area contributed by atoms with Crippen molar-refractivity contribution in [2.75, 3.05) is 0 Å².